The third-order valence-corrected chi connectivity index (χ3v) is 1.37. The molecule has 1 atom stereocenters. The summed E-state index contributed by atoms with van der Waals surface area (Å²) in [5.74, 6) is 0. The van der Waals surface area contributed by atoms with Gasteiger partial charge in [-0.1, -0.05) is 30.4 Å². The van der Waals surface area contributed by atoms with Gasteiger partial charge in [-0.05, 0) is 20.3 Å². The Bertz CT molecular complexity index is 175. The minimum atomic E-state index is -0.786. The van der Waals surface area contributed by atoms with Crippen LogP contribution in [0.15, 0.2) is 37.0 Å². The normalized spacial score (nSPS) is 16.3. The number of hydrogen-bond donors (Lipinski definition) is 1. The van der Waals surface area contributed by atoms with Gasteiger partial charge in [0.15, 0.2) is 0 Å². The van der Waals surface area contributed by atoms with Crippen molar-refractivity contribution in [3.05, 3.63) is 37.0 Å². The second kappa shape index (κ2) is 4.14. The van der Waals surface area contributed by atoms with Crippen LogP contribution in [0.25, 0.3) is 0 Å². The summed E-state index contributed by atoms with van der Waals surface area (Å²) < 4.78 is 0. The van der Waals surface area contributed by atoms with E-state index < -0.39 is 5.60 Å². The predicted molar refractivity (Wildman–Crippen MR) is 49.4 cm³/mol. The van der Waals surface area contributed by atoms with Gasteiger partial charge in [0, 0.05) is 0 Å². The lowest BCUT2D eigenvalue weighted by molar-refractivity contribution is 0.115. The van der Waals surface area contributed by atoms with Gasteiger partial charge >= 0.3 is 0 Å². The van der Waals surface area contributed by atoms with E-state index in [1.165, 1.54) is 6.08 Å². The standard InChI is InChI=1S/C10H16O/c1-5-10(4,11)8-6-7-9(2)3/h5-7,11H,1-2,8H2,3-4H3/b7-6+/t10-/m1/s1. The molecule has 0 aliphatic carbocycles. The van der Waals surface area contributed by atoms with E-state index >= 15 is 0 Å². The summed E-state index contributed by atoms with van der Waals surface area (Å²) in [6.45, 7) is 10.9. The van der Waals surface area contributed by atoms with Crippen LogP contribution >= 0.6 is 0 Å². The minimum Gasteiger partial charge on any atom is -0.386 e. The predicted octanol–water partition coefficient (Wildman–Crippen LogP) is 2.45. The fraction of sp³-hybridized carbons (Fsp3) is 0.400. The van der Waals surface area contributed by atoms with Crippen molar-refractivity contribution < 1.29 is 5.11 Å². The first-order chi connectivity index (χ1) is 4.98. The summed E-state index contributed by atoms with van der Waals surface area (Å²) in [6.07, 6.45) is 5.90. The summed E-state index contributed by atoms with van der Waals surface area (Å²) in [5.41, 5.74) is 0.205. The summed E-state index contributed by atoms with van der Waals surface area (Å²) in [5, 5.41) is 9.44. The van der Waals surface area contributed by atoms with Crippen LogP contribution < -0.4 is 0 Å². The SMILES string of the molecule is C=C[C@@](C)(O)C/C=C/C(=C)C. The van der Waals surface area contributed by atoms with Gasteiger partial charge in [0.1, 0.15) is 0 Å². The third kappa shape index (κ3) is 5.62. The van der Waals surface area contributed by atoms with Crippen molar-refractivity contribution >= 4 is 0 Å². The molecule has 0 aromatic heterocycles. The van der Waals surface area contributed by atoms with E-state index in [-0.39, 0.29) is 0 Å². The van der Waals surface area contributed by atoms with E-state index in [1.807, 2.05) is 19.1 Å². The van der Waals surface area contributed by atoms with Gasteiger partial charge < -0.3 is 5.11 Å². The molecule has 1 heteroatoms. The van der Waals surface area contributed by atoms with Crippen LogP contribution in [0, 0.1) is 0 Å². The van der Waals surface area contributed by atoms with E-state index in [9.17, 15) is 5.11 Å². The Balaban J connectivity index is 3.87. The first-order valence-corrected chi connectivity index (χ1v) is 3.66. The molecule has 1 nitrogen and oxygen atoms in total. The van der Waals surface area contributed by atoms with Gasteiger partial charge in [-0.2, -0.15) is 0 Å². The maximum absolute atomic E-state index is 9.44. The summed E-state index contributed by atoms with van der Waals surface area (Å²) in [4.78, 5) is 0. The minimum absolute atomic E-state index is 0.587. The molecule has 0 aliphatic rings. The second-order valence-corrected chi connectivity index (χ2v) is 3.01. The maximum Gasteiger partial charge on any atom is 0.0831 e. The van der Waals surface area contributed by atoms with Crippen LogP contribution in [0.1, 0.15) is 20.3 Å². The average molecular weight is 152 g/mol. The van der Waals surface area contributed by atoms with Crippen molar-refractivity contribution in [1.82, 2.24) is 0 Å². The molecule has 0 amide bonds. The van der Waals surface area contributed by atoms with Crippen LogP contribution in [0.2, 0.25) is 0 Å². The third-order valence-electron chi connectivity index (χ3n) is 1.37. The first-order valence-electron chi connectivity index (χ1n) is 3.66. The van der Waals surface area contributed by atoms with E-state index in [0.717, 1.165) is 5.57 Å². The van der Waals surface area contributed by atoms with Crippen LogP contribution in [-0.4, -0.2) is 10.7 Å². The highest BCUT2D eigenvalue weighted by Crippen LogP contribution is 2.10. The van der Waals surface area contributed by atoms with Crippen molar-refractivity contribution in [2.75, 3.05) is 0 Å². The molecule has 0 rings (SSSR count). The number of rotatable bonds is 4. The fourth-order valence-electron chi connectivity index (χ4n) is 0.582. The molecule has 0 spiro atoms. The molecule has 0 saturated carbocycles. The number of allylic oxidation sites excluding steroid dienone is 2. The Morgan fingerprint density at radius 1 is 1.64 bits per heavy atom. The molecule has 1 N–H and O–H groups in total. The summed E-state index contributed by atoms with van der Waals surface area (Å²) in [6, 6.07) is 0. The molecular weight excluding hydrogens is 136 g/mol. The maximum atomic E-state index is 9.44. The molecule has 11 heavy (non-hydrogen) atoms. The van der Waals surface area contributed by atoms with Gasteiger partial charge in [0.2, 0.25) is 0 Å². The van der Waals surface area contributed by atoms with E-state index in [2.05, 4.69) is 13.2 Å². The second-order valence-electron chi connectivity index (χ2n) is 3.01. The largest absolute Gasteiger partial charge is 0.386 e. The zero-order valence-electron chi connectivity index (χ0n) is 7.30. The highest BCUT2D eigenvalue weighted by atomic mass is 16.3. The molecular formula is C10H16O. The fourth-order valence-corrected chi connectivity index (χ4v) is 0.582. The Morgan fingerprint density at radius 2 is 2.18 bits per heavy atom. The van der Waals surface area contributed by atoms with E-state index in [0.29, 0.717) is 6.42 Å². The first kappa shape index (κ1) is 10.2. The quantitative estimate of drug-likeness (QED) is 0.484. The average Bonchev–Trinajstić information content (AvgIpc) is 1.87. The van der Waals surface area contributed by atoms with E-state index in [1.54, 1.807) is 6.92 Å². The van der Waals surface area contributed by atoms with Crippen LogP contribution in [0.3, 0.4) is 0 Å². The molecule has 0 fully saturated rings. The highest BCUT2D eigenvalue weighted by molar-refractivity contribution is 5.12. The van der Waals surface area contributed by atoms with Gasteiger partial charge in [-0.15, -0.1) is 6.58 Å². The molecule has 0 radical (unpaired) electrons. The van der Waals surface area contributed by atoms with Crippen LogP contribution in [0.5, 0.6) is 0 Å². The zero-order valence-corrected chi connectivity index (χ0v) is 7.30. The Labute approximate surface area is 68.7 Å². The lowest BCUT2D eigenvalue weighted by Gasteiger charge is -2.14. The molecule has 0 aliphatic heterocycles. The lowest BCUT2D eigenvalue weighted by atomic mass is 10.0. The molecule has 0 bridgehead atoms. The van der Waals surface area contributed by atoms with Gasteiger partial charge in [-0.3, -0.25) is 0 Å². The Morgan fingerprint density at radius 3 is 2.55 bits per heavy atom. The topological polar surface area (TPSA) is 20.2 Å². The molecule has 0 unspecified atom stereocenters. The molecule has 0 saturated heterocycles. The van der Waals surface area contributed by atoms with Crippen LogP contribution in [0.4, 0.5) is 0 Å². The summed E-state index contributed by atoms with van der Waals surface area (Å²) in [7, 11) is 0. The highest BCUT2D eigenvalue weighted by Gasteiger charge is 2.11. The van der Waals surface area contributed by atoms with Crippen molar-refractivity contribution in [2.45, 2.75) is 25.9 Å². The van der Waals surface area contributed by atoms with Gasteiger partial charge in [0.25, 0.3) is 0 Å². The molecule has 0 heterocycles. The number of hydrogen-bond acceptors (Lipinski definition) is 1. The lowest BCUT2D eigenvalue weighted by Crippen LogP contribution is -2.18. The van der Waals surface area contributed by atoms with Crippen molar-refractivity contribution in [2.24, 2.45) is 0 Å². The number of aliphatic hydroxyl groups is 1. The van der Waals surface area contributed by atoms with Gasteiger partial charge in [0.05, 0.1) is 5.60 Å². The Kier molecular flexibility index (Phi) is 3.83. The Hall–Kier alpha value is -0.820. The molecule has 0 aromatic carbocycles. The van der Waals surface area contributed by atoms with Crippen molar-refractivity contribution in [3.8, 4) is 0 Å². The monoisotopic (exact) mass is 152 g/mol. The van der Waals surface area contributed by atoms with E-state index in [4.69, 9.17) is 0 Å². The van der Waals surface area contributed by atoms with Crippen molar-refractivity contribution in [1.29, 1.82) is 0 Å². The van der Waals surface area contributed by atoms with Crippen molar-refractivity contribution in [3.63, 3.8) is 0 Å². The summed E-state index contributed by atoms with van der Waals surface area (Å²) >= 11 is 0. The smallest absolute Gasteiger partial charge is 0.0831 e. The zero-order chi connectivity index (χ0) is 8.91. The molecule has 62 valence electrons. The molecule has 0 aromatic rings. The van der Waals surface area contributed by atoms with Gasteiger partial charge in [-0.25, -0.2) is 0 Å². The van der Waals surface area contributed by atoms with Crippen LogP contribution in [-0.2, 0) is 0 Å².